The van der Waals surface area contributed by atoms with Crippen LogP contribution in [0.2, 0.25) is 0 Å². The summed E-state index contributed by atoms with van der Waals surface area (Å²) in [6, 6.07) is 17.6. The number of aryl methyl sites for hydroxylation is 2. The van der Waals surface area contributed by atoms with E-state index < -0.39 is 5.97 Å². The highest BCUT2D eigenvalue weighted by Gasteiger charge is 2.17. The van der Waals surface area contributed by atoms with Crippen molar-refractivity contribution in [1.29, 1.82) is 5.26 Å². The first-order chi connectivity index (χ1) is 16.5. The van der Waals surface area contributed by atoms with Gasteiger partial charge in [-0.2, -0.15) is 5.26 Å². The number of aromatic nitrogens is 2. The number of carbonyl (C=O) groups excluding carboxylic acids is 1. The van der Waals surface area contributed by atoms with Crippen LogP contribution in [-0.4, -0.2) is 22.1 Å². The van der Waals surface area contributed by atoms with E-state index in [0.29, 0.717) is 23.4 Å². The van der Waals surface area contributed by atoms with Crippen molar-refractivity contribution in [2.24, 2.45) is 0 Å². The van der Waals surface area contributed by atoms with Crippen LogP contribution in [0.4, 0.5) is 0 Å². The van der Waals surface area contributed by atoms with Crippen LogP contribution < -0.4 is 5.56 Å². The molecule has 0 amide bonds. The number of nitriles is 1. The number of unbranched alkanes of at least 4 members (excludes halogenated alkanes) is 2. The highest BCUT2D eigenvalue weighted by atomic mass is 16.5. The summed E-state index contributed by atoms with van der Waals surface area (Å²) in [5, 5.41) is 9.40. The molecule has 6 nitrogen and oxygen atoms in total. The normalized spacial score (nSPS) is 10.6. The number of benzene rings is 2. The van der Waals surface area contributed by atoms with E-state index in [2.05, 4.69) is 13.0 Å². The number of hydrogen-bond donors (Lipinski definition) is 0. The molecule has 1 heterocycles. The van der Waals surface area contributed by atoms with Gasteiger partial charge in [-0.1, -0.05) is 62.2 Å². The molecule has 3 aromatic rings. The minimum Gasteiger partial charge on any atom is -0.465 e. The molecule has 0 saturated carbocycles. The average molecular weight is 458 g/mol. The summed E-state index contributed by atoms with van der Waals surface area (Å²) in [5.41, 5.74) is 4.66. The van der Waals surface area contributed by atoms with Crippen LogP contribution in [0.3, 0.4) is 0 Å². The Hall–Kier alpha value is -3.72. The minimum absolute atomic E-state index is 0.141. The molecule has 0 fully saturated rings. The predicted octanol–water partition coefficient (Wildman–Crippen LogP) is 4.98. The van der Waals surface area contributed by atoms with Crippen molar-refractivity contribution in [2.75, 3.05) is 6.61 Å². The Bertz CT molecular complexity index is 1240. The van der Waals surface area contributed by atoms with E-state index in [1.54, 1.807) is 19.9 Å². The van der Waals surface area contributed by atoms with Gasteiger partial charge in [0.2, 0.25) is 0 Å². The van der Waals surface area contributed by atoms with E-state index >= 15 is 0 Å². The van der Waals surface area contributed by atoms with E-state index in [-0.39, 0.29) is 18.7 Å². The number of carbonyl (C=O) groups is 1. The molecule has 6 heteroatoms. The number of hydrogen-bond acceptors (Lipinski definition) is 5. The molecule has 176 valence electrons. The molecular weight excluding hydrogens is 426 g/mol. The summed E-state index contributed by atoms with van der Waals surface area (Å²) in [5.74, 6) is 0.0800. The fraction of sp³-hybridized carbons (Fsp3) is 0.357. The van der Waals surface area contributed by atoms with Crippen LogP contribution >= 0.6 is 0 Å². The Kier molecular flexibility index (Phi) is 8.75. The van der Waals surface area contributed by atoms with E-state index in [1.165, 1.54) is 4.57 Å². The predicted molar refractivity (Wildman–Crippen MR) is 132 cm³/mol. The van der Waals surface area contributed by atoms with Gasteiger partial charge in [0.25, 0.3) is 5.56 Å². The topological polar surface area (TPSA) is 85.0 Å². The first-order valence-corrected chi connectivity index (χ1v) is 11.8. The monoisotopic (exact) mass is 457 g/mol. The van der Waals surface area contributed by atoms with Crippen molar-refractivity contribution < 1.29 is 9.53 Å². The van der Waals surface area contributed by atoms with Crippen LogP contribution in [0.25, 0.3) is 11.1 Å². The SMILES string of the molecule is CCCCCc1nc(C)n(CC(=O)OCC)c(=O)c1Cc1ccc(-c2ccccc2C#N)cc1. The molecule has 2 aromatic carbocycles. The fourth-order valence-corrected chi connectivity index (χ4v) is 4.04. The van der Waals surface area contributed by atoms with Gasteiger partial charge in [-0.05, 0) is 49.4 Å². The smallest absolute Gasteiger partial charge is 0.326 e. The van der Waals surface area contributed by atoms with Gasteiger partial charge in [-0.15, -0.1) is 0 Å². The number of esters is 1. The number of nitrogens with zero attached hydrogens (tertiary/aromatic N) is 3. The molecule has 34 heavy (non-hydrogen) atoms. The molecule has 3 rings (SSSR count). The molecule has 0 aliphatic rings. The third-order valence-corrected chi connectivity index (χ3v) is 5.84. The molecule has 0 radical (unpaired) electrons. The summed E-state index contributed by atoms with van der Waals surface area (Å²) in [4.78, 5) is 30.2. The van der Waals surface area contributed by atoms with Gasteiger partial charge in [0, 0.05) is 12.0 Å². The van der Waals surface area contributed by atoms with Gasteiger partial charge >= 0.3 is 5.97 Å². The zero-order chi connectivity index (χ0) is 24.5. The van der Waals surface area contributed by atoms with Crippen molar-refractivity contribution in [2.45, 2.75) is 59.4 Å². The average Bonchev–Trinajstić information content (AvgIpc) is 2.84. The summed E-state index contributed by atoms with van der Waals surface area (Å²) >= 11 is 0. The third-order valence-electron chi connectivity index (χ3n) is 5.84. The maximum Gasteiger partial charge on any atom is 0.326 e. The van der Waals surface area contributed by atoms with Crippen LogP contribution in [-0.2, 0) is 28.9 Å². The standard InChI is InChI=1S/C28H31N3O3/c1-4-6-7-12-26-25(28(33)31(20(3)30-26)19-27(32)34-5-2)17-21-13-15-22(16-14-21)24-11-9-8-10-23(24)18-29/h8-11,13-16H,4-7,12,17,19H2,1-3H3. The van der Waals surface area contributed by atoms with Gasteiger partial charge in [0.1, 0.15) is 12.4 Å². The van der Waals surface area contributed by atoms with E-state index in [4.69, 9.17) is 9.72 Å². The highest BCUT2D eigenvalue weighted by molar-refractivity contribution is 5.70. The fourth-order valence-electron chi connectivity index (χ4n) is 4.04. The molecule has 0 atom stereocenters. The molecule has 1 aromatic heterocycles. The Labute approximate surface area is 200 Å². The molecule has 0 bridgehead atoms. The number of rotatable bonds is 10. The van der Waals surface area contributed by atoms with Gasteiger partial charge < -0.3 is 4.74 Å². The van der Waals surface area contributed by atoms with Crippen LogP contribution in [0.1, 0.15) is 61.3 Å². The van der Waals surface area contributed by atoms with E-state index in [1.807, 2.05) is 42.5 Å². The van der Waals surface area contributed by atoms with Crippen LogP contribution in [0.5, 0.6) is 0 Å². The second-order valence-electron chi connectivity index (χ2n) is 8.27. The van der Waals surface area contributed by atoms with Crippen LogP contribution in [0, 0.1) is 18.3 Å². The lowest BCUT2D eigenvalue weighted by atomic mass is 9.96. The maximum atomic E-state index is 13.4. The molecule has 0 N–H and O–H groups in total. The van der Waals surface area contributed by atoms with Crippen molar-refractivity contribution in [3.63, 3.8) is 0 Å². The minimum atomic E-state index is -0.445. The van der Waals surface area contributed by atoms with Gasteiger partial charge in [-0.3, -0.25) is 14.2 Å². The second kappa shape index (κ2) is 11.9. The lowest BCUT2D eigenvalue weighted by molar-refractivity contribution is -0.143. The Morgan fingerprint density at radius 3 is 2.50 bits per heavy atom. The second-order valence-corrected chi connectivity index (χ2v) is 8.27. The molecule has 0 aliphatic heterocycles. The lowest BCUT2D eigenvalue weighted by Gasteiger charge is -2.15. The quantitative estimate of drug-likeness (QED) is 0.317. The van der Waals surface area contributed by atoms with Crippen molar-refractivity contribution in [3.8, 4) is 17.2 Å². The lowest BCUT2D eigenvalue weighted by Crippen LogP contribution is -2.32. The molecule has 0 aliphatic carbocycles. The zero-order valence-electron chi connectivity index (χ0n) is 20.1. The largest absolute Gasteiger partial charge is 0.465 e. The highest BCUT2D eigenvalue weighted by Crippen LogP contribution is 2.24. The molecular formula is C28H31N3O3. The first kappa shape index (κ1) is 24.9. The van der Waals surface area contributed by atoms with Gasteiger partial charge in [-0.25, -0.2) is 4.98 Å². The van der Waals surface area contributed by atoms with Crippen molar-refractivity contribution >= 4 is 5.97 Å². The summed E-state index contributed by atoms with van der Waals surface area (Å²) in [6.45, 7) is 5.77. The first-order valence-electron chi connectivity index (χ1n) is 11.8. The summed E-state index contributed by atoms with van der Waals surface area (Å²) in [6.07, 6.45) is 4.27. The van der Waals surface area contributed by atoms with Crippen molar-refractivity contribution in [1.82, 2.24) is 9.55 Å². The molecule has 0 saturated heterocycles. The summed E-state index contributed by atoms with van der Waals surface area (Å²) < 4.78 is 6.46. The third kappa shape index (κ3) is 5.99. The van der Waals surface area contributed by atoms with Gasteiger partial charge in [0.15, 0.2) is 0 Å². The van der Waals surface area contributed by atoms with Crippen molar-refractivity contribution in [3.05, 3.63) is 87.1 Å². The summed E-state index contributed by atoms with van der Waals surface area (Å²) in [7, 11) is 0. The van der Waals surface area contributed by atoms with E-state index in [9.17, 15) is 14.9 Å². The zero-order valence-corrected chi connectivity index (χ0v) is 20.1. The van der Waals surface area contributed by atoms with Gasteiger partial charge in [0.05, 0.1) is 23.9 Å². The number of ether oxygens (including phenoxy) is 1. The molecule has 0 unspecified atom stereocenters. The molecule has 0 spiro atoms. The maximum absolute atomic E-state index is 13.4. The Morgan fingerprint density at radius 1 is 1.09 bits per heavy atom. The Morgan fingerprint density at radius 2 is 1.82 bits per heavy atom. The van der Waals surface area contributed by atoms with E-state index in [0.717, 1.165) is 48.1 Å². The Balaban J connectivity index is 1.95. The van der Waals surface area contributed by atoms with Crippen LogP contribution in [0.15, 0.2) is 53.3 Å².